The van der Waals surface area contributed by atoms with E-state index in [0.29, 0.717) is 0 Å². The van der Waals surface area contributed by atoms with Crippen molar-refractivity contribution in [3.63, 3.8) is 0 Å². The van der Waals surface area contributed by atoms with Crippen molar-refractivity contribution in [1.82, 2.24) is 0 Å². The molecule has 48 valence electrons. The molecule has 0 aromatic heterocycles. The van der Waals surface area contributed by atoms with Gasteiger partial charge < -0.3 is 11.5 Å². The number of primary amides is 1. The van der Waals surface area contributed by atoms with E-state index in [-0.39, 0.29) is 12.7 Å². The van der Waals surface area contributed by atoms with E-state index < -0.39 is 11.4 Å². The van der Waals surface area contributed by atoms with E-state index in [2.05, 4.69) is 12.6 Å². The number of carbonyl (C=O) groups is 1. The maximum absolute atomic E-state index is 10.4. The second-order valence-electron chi connectivity index (χ2n) is 1.68. The summed E-state index contributed by atoms with van der Waals surface area (Å²) in [6.45, 7) is -0.216. The number of amides is 1. The largest absolute Gasteiger partial charge is 0.368 e. The maximum Gasteiger partial charge on any atom is 0.238 e. The Kier molecular flexibility index (Phi) is 1.75. The van der Waals surface area contributed by atoms with Crippen molar-refractivity contribution >= 4 is 18.5 Å². The van der Waals surface area contributed by atoms with Crippen LogP contribution < -0.4 is 11.5 Å². The molecule has 1 atom stereocenters. The van der Waals surface area contributed by atoms with E-state index >= 15 is 0 Å². The number of hydrogen-bond donors (Lipinski definition) is 3. The number of hydrogen-bond acceptors (Lipinski definition) is 3. The third-order valence-electron chi connectivity index (χ3n) is 0.773. The van der Waals surface area contributed by atoms with Gasteiger partial charge in [-0.25, -0.2) is 0 Å². The molecule has 0 heterocycles. The van der Waals surface area contributed by atoms with Gasteiger partial charge in [-0.1, -0.05) is 0 Å². The molecule has 3 nitrogen and oxygen atoms in total. The molecule has 4 N–H and O–H groups in total. The first kappa shape index (κ1) is 5.91. The highest BCUT2D eigenvalue weighted by molar-refractivity contribution is 7.80. The predicted molar refractivity (Wildman–Crippen MR) is 35.6 cm³/mol. The Hall–Kier alpha value is -0.220. The summed E-state index contributed by atoms with van der Waals surface area (Å²) in [6, 6.07) is 0. The zero-order chi connectivity index (χ0) is 7.49. The smallest absolute Gasteiger partial charge is 0.238 e. The summed E-state index contributed by atoms with van der Waals surface area (Å²) >= 11 is 3.77. The molecule has 0 aromatic carbocycles. The van der Waals surface area contributed by atoms with Crippen molar-refractivity contribution in [2.45, 2.75) is 12.4 Å². The standard InChI is InChI=1S/C4H10N2OS/c1-4(6,2-8)3(5)7/h8H,2,6H2,1H3,(H2,5,7)/t4-/m0/s1/i1D. The summed E-state index contributed by atoms with van der Waals surface area (Å²) in [6.07, 6.45) is 0. The lowest BCUT2D eigenvalue weighted by molar-refractivity contribution is -0.121. The molecule has 0 radical (unpaired) electrons. The number of rotatable bonds is 2. The Morgan fingerprint density at radius 3 is 2.62 bits per heavy atom. The molecular weight excluding hydrogens is 124 g/mol. The van der Waals surface area contributed by atoms with Gasteiger partial charge in [0.05, 0.1) is 0 Å². The Balaban J connectivity index is 4.09. The molecule has 0 bridgehead atoms. The van der Waals surface area contributed by atoms with Crippen molar-refractivity contribution in [1.29, 1.82) is 0 Å². The molecule has 0 spiro atoms. The molecule has 0 aliphatic heterocycles. The Labute approximate surface area is 55.2 Å². The van der Waals surface area contributed by atoms with Gasteiger partial charge in [-0.05, 0) is 6.90 Å². The molecule has 0 fully saturated rings. The van der Waals surface area contributed by atoms with Crippen LogP contribution in [0, 0.1) is 0 Å². The highest BCUT2D eigenvalue weighted by Gasteiger charge is 2.22. The summed E-state index contributed by atoms with van der Waals surface area (Å²) in [7, 11) is 0. The number of nitrogens with two attached hydrogens (primary N) is 2. The van der Waals surface area contributed by atoms with E-state index in [9.17, 15) is 4.79 Å². The van der Waals surface area contributed by atoms with Gasteiger partial charge in [0, 0.05) is 7.12 Å². The summed E-state index contributed by atoms with van der Waals surface area (Å²) in [5, 5.41) is 0. The molecule has 0 saturated carbocycles. The van der Waals surface area contributed by atoms with Crippen LogP contribution in [0.25, 0.3) is 0 Å². The minimum Gasteiger partial charge on any atom is -0.368 e. The van der Waals surface area contributed by atoms with Gasteiger partial charge >= 0.3 is 0 Å². The van der Waals surface area contributed by atoms with Crippen LogP contribution in [0.3, 0.4) is 0 Å². The van der Waals surface area contributed by atoms with E-state index in [4.69, 9.17) is 12.8 Å². The third-order valence-corrected chi connectivity index (χ3v) is 1.34. The lowest BCUT2D eigenvalue weighted by atomic mass is 10.1. The quantitative estimate of drug-likeness (QED) is 0.430. The Morgan fingerprint density at radius 1 is 2.12 bits per heavy atom. The Morgan fingerprint density at radius 2 is 2.62 bits per heavy atom. The zero-order valence-electron chi connectivity index (χ0n) is 5.42. The molecule has 1 amide bonds. The molecule has 0 aliphatic carbocycles. The van der Waals surface area contributed by atoms with Crippen molar-refractivity contribution in [3.8, 4) is 0 Å². The monoisotopic (exact) mass is 135 g/mol. The average Bonchev–Trinajstić information content (AvgIpc) is 1.86. The van der Waals surface area contributed by atoms with Crippen LogP contribution in [0.4, 0.5) is 0 Å². The Bertz CT molecular complexity index is 115. The molecule has 0 saturated heterocycles. The highest BCUT2D eigenvalue weighted by atomic mass is 32.1. The lowest BCUT2D eigenvalue weighted by Gasteiger charge is -2.15. The molecular formula is C4H10N2OS. The third kappa shape index (κ3) is 1.71. The van der Waals surface area contributed by atoms with E-state index in [1.165, 1.54) is 0 Å². The van der Waals surface area contributed by atoms with Crippen molar-refractivity contribution < 1.29 is 6.17 Å². The highest BCUT2D eigenvalue weighted by Crippen LogP contribution is 1.98. The van der Waals surface area contributed by atoms with Crippen LogP contribution in [0.5, 0.6) is 0 Å². The van der Waals surface area contributed by atoms with Gasteiger partial charge in [0.1, 0.15) is 5.54 Å². The summed E-state index contributed by atoms with van der Waals surface area (Å²) in [5.41, 5.74) is 8.91. The molecule has 0 aromatic rings. The molecule has 0 unspecified atom stereocenters. The maximum atomic E-state index is 10.4. The lowest BCUT2D eigenvalue weighted by Crippen LogP contribution is -2.50. The van der Waals surface area contributed by atoms with Crippen LogP contribution >= 0.6 is 12.6 Å². The van der Waals surface area contributed by atoms with Crippen LogP contribution in [0.15, 0.2) is 0 Å². The fourth-order valence-electron chi connectivity index (χ4n) is 0.0779. The van der Waals surface area contributed by atoms with E-state index in [0.717, 1.165) is 0 Å². The summed E-state index contributed by atoms with van der Waals surface area (Å²) in [4.78, 5) is 10.4. The van der Waals surface area contributed by atoms with Crippen molar-refractivity contribution in [3.05, 3.63) is 0 Å². The SMILES string of the molecule is [2H]C[C@](N)(CS)C(N)=O. The first-order valence-corrected chi connectivity index (χ1v) is 2.69. The minimum atomic E-state index is -1.25. The second-order valence-corrected chi connectivity index (χ2v) is 1.99. The molecule has 0 aliphatic rings. The summed E-state index contributed by atoms with van der Waals surface area (Å²) < 4.78 is 6.81. The van der Waals surface area contributed by atoms with Gasteiger partial charge in [-0.3, -0.25) is 4.79 Å². The fourth-order valence-corrected chi connectivity index (χ4v) is 0.234. The van der Waals surface area contributed by atoms with Gasteiger partial charge in [-0.15, -0.1) is 0 Å². The normalized spacial score (nSPS) is 19.0. The van der Waals surface area contributed by atoms with Gasteiger partial charge in [-0.2, -0.15) is 12.6 Å². The van der Waals surface area contributed by atoms with E-state index in [1.54, 1.807) is 0 Å². The zero-order valence-corrected chi connectivity index (χ0v) is 5.32. The van der Waals surface area contributed by atoms with Crippen LogP contribution in [0.1, 0.15) is 8.27 Å². The van der Waals surface area contributed by atoms with Gasteiger partial charge in [0.2, 0.25) is 5.91 Å². The minimum absolute atomic E-state index is 0.117. The first-order valence-electron chi connectivity index (χ1n) is 2.76. The molecule has 4 heteroatoms. The molecule has 8 heavy (non-hydrogen) atoms. The second kappa shape index (κ2) is 2.37. The number of thiol groups is 1. The van der Waals surface area contributed by atoms with E-state index in [1.807, 2.05) is 0 Å². The summed E-state index contributed by atoms with van der Waals surface area (Å²) in [5.74, 6) is -0.557. The molecule has 0 rings (SSSR count). The van der Waals surface area contributed by atoms with Gasteiger partial charge in [0.15, 0.2) is 0 Å². The van der Waals surface area contributed by atoms with Crippen molar-refractivity contribution in [2.75, 3.05) is 5.75 Å². The number of carbonyl (C=O) groups excluding carboxylic acids is 1. The van der Waals surface area contributed by atoms with Gasteiger partial charge in [0.25, 0.3) is 0 Å². The average molecular weight is 135 g/mol. The van der Waals surface area contributed by atoms with Crippen LogP contribution in [-0.2, 0) is 4.79 Å². The van der Waals surface area contributed by atoms with Crippen molar-refractivity contribution in [2.24, 2.45) is 11.5 Å². The van der Waals surface area contributed by atoms with Crippen LogP contribution in [-0.4, -0.2) is 17.2 Å². The first-order chi connectivity index (χ1) is 4.06. The fraction of sp³-hybridized carbons (Fsp3) is 0.750. The predicted octanol–water partition coefficient (Wildman–Crippen LogP) is -0.881. The van der Waals surface area contributed by atoms with Crippen LogP contribution in [0.2, 0.25) is 0 Å². The topological polar surface area (TPSA) is 69.1 Å².